The predicted molar refractivity (Wildman–Crippen MR) is 90.8 cm³/mol. The Bertz CT molecular complexity index is 311. The zero-order chi connectivity index (χ0) is 15.8. The van der Waals surface area contributed by atoms with Gasteiger partial charge in [-0.15, -0.1) is 0 Å². The van der Waals surface area contributed by atoms with Gasteiger partial charge in [-0.25, -0.2) is 0 Å². The Labute approximate surface area is 132 Å². The molecule has 0 radical (unpaired) electrons. The Balaban J connectivity index is 2.99. The summed E-state index contributed by atoms with van der Waals surface area (Å²) in [6.07, 6.45) is 6.81. The highest BCUT2D eigenvalue weighted by Gasteiger charge is 2.52. The third-order valence-electron chi connectivity index (χ3n) is 3.82. The molecule has 1 unspecified atom stereocenters. The van der Waals surface area contributed by atoms with Crippen LogP contribution >= 0.6 is 0 Å². The normalized spacial score (nSPS) is 19.4. The van der Waals surface area contributed by atoms with Gasteiger partial charge in [0.05, 0.1) is 0 Å². The molecule has 0 fully saturated rings. The van der Waals surface area contributed by atoms with Gasteiger partial charge in [0.2, 0.25) is 0 Å². The summed E-state index contributed by atoms with van der Waals surface area (Å²) in [6, 6.07) is 0. The average Bonchev–Trinajstić information content (AvgIpc) is 2.93. The van der Waals surface area contributed by atoms with E-state index in [4.69, 9.17) is 17.7 Å². The molecule has 0 bridgehead atoms. The number of hydrogen-bond acceptors (Lipinski definition) is 4. The fraction of sp³-hybridized carbons (Fsp3) is 0.867. The molecule has 1 atom stereocenters. The van der Waals surface area contributed by atoms with Crippen LogP contribution in [0.2, 0.25) is 17.8 Å². The van der Waals surface area contributed by atoms with E-state index in [-0.39, 0.29) is 0 Å². The van der Waals surface area contributed by atoms with Crippen molar-refractivity contribution >= 4 is 17.1 Å². The lowest BCUT2D eigenvalue weighted by atomic mass is 10.4. The molecule has 1 aliphatic rings. The van der Waals surface area contributed by atoms with Crippen LogP contribution in [0.5, 0.6) is 0 Å². The summed E-state index contributed by atoms with van der Waals surface area (Å²) < 4.78 is 24.7. The maximum Gasteiger partial charge on any atom is 0.347 e. The highest BCUT2D eigenvalue weighted by molar-refractivity contribution is 6.86. The van der Waals surface area contributed by atoms with Gasteiger partial charge in [0.1, 0.15) is 0 Å². The van der Waals surface area contributed by atoms with Gasteiger partial charge in [-0.3, -0.25) is 0 Å². The van der Waals surface area contributed by atoms with Gasteiger partial charge in [-0.2, -0.15) is 0 Å². The van der Waals surface area contributed by atoms with Crippen molar-refractivity contribution in [3.63, 3.8) is 0 Å². The first-order valence-corrected chi connectivity index (χ1v) is 12.9. The summed E-state index contributed by atoms with van der Waals surface area (Å²) in [6.45, 7) is 13.1. The molecule has 0 amide bonds. The maximum atomic E-state index is 6.28. The van der Waals surface area contributed by atoms with Crippen LogP contribution in [0.1, 0.15) is 40.5 Å². The molecular formula is C15H32O4Si2. The summed E-state index contributed by atoms with van der Waals surface area (Å²) in [4.78, 5) is 0. The fourth-order valence-electron chi connectivity index (χ4n) is 3.18. The Hall–Kier alpha value is 0.0138. The van der Waals surface area contributed by atoms with Crippen molar-refractivity contribution < 1.29 is 17.7 Å². The van der Waals surface area contributed by atoms with Crippen LogP contribution in [-0.2, 0) is 17.7 Å². The number of allylic oxidation sites excluding steroid dienone is 2. The minimum Gasteiger partial charge on any atom is -0.395 e. The zero-order valence-electron chi connectivity index (χ0n) is 14.3. The van der Waals surface area contributed by atoms with Crippen LogP contribution < -0.4 is 0 Å². The van der Waals surface area contributed by atoms with Crippen LogP contribution in [0.4, 0.5) is 0 Å². The molecule has 4 nitrogen and oxygen atoms in total. The molecular weight excluding hydrogens is 300 g/mol. The van der Waals surface area contributed by atoms with E-state index < -0.39 is 17.1 Å². The van der Waals surface area contributed by atoms with Gasteiger partial charge >= 0.3 is 17.1 Å². The van der Waals surface area contributed by atoms with Crippen molar-refractivity contribution in [3.05, 3.63) is 12.2 Å². The quantitative estimate of drug-likeness (QED) is 0.425. The van der Waals surface area contributed by atoms with Crippen molar-refractivity contribution in [2.24, 2.45) is 0 Å². The summed E-state index contributed by atoms with van der Waals surface area (Å²) in [5.74, 6) is 0. The van der Waals surface area contributed by atoms with E-state index in [1.54, 1.807) is 0 Å². The molecule has 1 rings (SSSR count). The molecule has 0 aromatic heterocycles. The number of rotatable bonds is 11. The lowest BCUT2D eigenvalue weighted by molar-refractivity contribution is 0.161. The largest absolute Gasteiger partial charge is 0.395 e. The minimum absolute atomic E-state index is 0.421. The van der Waals surface area contributed by atoms with Crippen LogP contribution in [-0.4, -0.2) is 43.5 Å². The highest BCUT2D eigenvalue weighted by Crippen LogP contribution is 2.40. The highest BCUT2D eigenvalue weighted by atomic mass is 28.4. The summed E-state index contributed by atoms with van der Waals surface area (Å²) in [5.41, 5.74) is 1.27. The Morgan fingerprint density at radius 3 is 1.81 bits per heavy atom. The molecule has 21 heavy (non-hydrogen) atoms. The summed E-state index contributed by atoms with van der Waals surface area (Å²) >= 11 is 0. The molecule has 0 heterocycles. The summed E-state index contributed by atoms with van der Waals surface area (Å²) in [5, 5.41) is 0. The average molecular weight is 333 g/mol. The van der Waals surface area contributed by atoms with E-state index in [0.717, 1.165) is 18.5 Å². The van der Waals surface area contributed by atoms with E-state index in [2.05, 4.69) is 32.5 Å². The van der Waals surface area contributed by atoms with Gasteiger partial charge in [0.15, 0.2) is 0 Å². The van der Waals surface area contributed by atoms with Crippen LogP contribution in [0.25, 0.3) is 0 Å². The maximum absolute atomic E-state index is 6.28. The van der Waals surface area contributed by atoms with Crippen molar-refractivity contribution in [2.75, 3.05) is 26.4 Å². The molecule has 124 valence electrons. The summed E-state index contributed by atoms with van der Waals surface area (Å²) in [7, 11) is -4.60. The van der Waals surface area contributed by atoms with Gasteiger partial charge < -0.3 is 17.7 Å². The second-order valence-electron chi connectivity index (χ2n) is 5.47. The Kier molecular flexibility index (Phi) is 8.37. The lowest BCUT2D eigenvalue weighted by Gasteiger charge is -2.39. The first-order valence-electron chi connectivity index (χ1n) is 8.28. The lowest BCUT2D eigenvalue weighted by Crippen LogP contribution is -2.55. The standard InChI is InChI=1S/C15H32O4Si2/c1-6-16-20(5,17-7-2)14-21(18-8-3,19-9-4)15-12-10-11-13-15/h10,12,15H,6-9,11,13-14H2,1-5H3. The van der Waals surface area contributed by atoms with Crippen molar-refractivity contribution in [3.8, 4) is 0 Å². The zero-order valence-corrected chi connectivity index (χ0v) is 16.3. The van der Waals surface area contributed by atoms with E-state index in [1.807, 2.05) is 13.8 Å². The van der Waals surface area contributed by atoms with E-state index in [0.29, 0.717) is 32.0 Å². The molecule has 0 N–H and O–H groups in total. The molecule has 1 aliphatic carbocycles. The van der Waals surface area contributed by atoms with E-state index in [9.17, 15) is 0 Å². The van der Waals surface area contributed by atoms with Crippen LogP contribution in [0.15, 0.2) is 12.2 Å². The first kappa shape index (κ1) is 19.1. The topological polar surface area (TPSA) is 36.9 Å². The SMILES string of the molecule is CCO[Si](C)(C[Si](OCC)(OCC)C1C=CCC1)OCC. The molecule has 0 saturated carbocycles. The van der Waals surface area contributed by atoms with Gasteiger partial charge in [-0.1, -0.05) is 12.2 Å². The first-order chi connectivity index (χ1) is 10.1. The third kappa shape index (κ3) is 5.30. The molecule has 0 aromatic carbocycles. The molecule has 0 aliphatic heterocycles. The molecule has 0 saturated heterocycles. The van der Waals surface area contributed by atoms with Gasteiger partial charge in [0, 0.05) is 37.6 Å². The second kappa shape index (κ2) is 9.22. The van der Waals surface area contributed by atoms with E-state index in [1.165, 1.54) is 0 Å². The number of hydrogen-bond donors (Lipinski definition) is 0. The monoisotopic (exact) mass is 332 g/mol. The van der Waals surface area contributed by atoms with Gasteiger partial charge in [0.25, 0.3) is 0 Å². The Morgan fingerprint density at radius 2 is 1.43 bits per heavy atom. The molecule has 6 heteroatoms. The predicted octanol–water partition coefficient (Wildman–Crippen LogP) is 3.91. The van der Waals surface area contributed by atoms with Crippen molar-refractivity contribution in [2.45, 2.75) is 58.3 Å². The van der Waals surface area contributed by atoms with E-state index >= 15 is 0 Å². The minimum atomic E-state index is -2.35. The molecule has 0 spiro atoms. The van der Waals surface area contributed by atoms with Crippen LogP contribution in [0.3, 0.4) is 0 Å². The Morgan fingerprint density at radius 1 is 0.905 bits per heavy atom. The van der Waals surface area contributed by atoms with Crippen molar-refractivity contribution in [1.29, 1.82) is 0 Å². The van der Waals surface area contributed by atoms with Crippen LogP contribution in [0, 0.1) is 0 Å². The molecule has 0 aromatic rings. The third-order valence-corrected chi connectivity index (χ3v) is 13.3. The fourth-order valence-corrected chi connectivity index (χ4v) is 13.3. The van der Waals surface area contributed by atoms with Crippen molar-refractivity contribution in [1.82, 2.24) is 0 Å². The second-order valence-corrected chi connectivity index (χ2v) is 12.7. The smallest absolute Gasteiger partial charge is 0.347 e. The van der Waals surface area contributed by atoms with Gasteiger partial charge in [-0.05, 0) is 47.1 Å².